The molecule has 1 fully saturated rings. The van der Waals surface area contributed by atoms with Crippen LogP contribution < -0.4 is 0 Å². The maximum absolute atomic E-state index is 12.8. The van der Waals surface area contributed by atoms with E-state index in [-0.39, 0.29) is 5.91 Å². The summed E-state index contributed by atoms with van der Waals surface area (Å²) in [6.07, 6.45) is 0. The van der Waals surface area contributed by atoms with Crippen molar-refractivity contribution >= 4 is 29.0 Å². The molecule has 1 amide bonds. The zero-order chi connectivity index (χ0) is 23.3. The minimum absolute atomic E-state index is 0.120. The highest BCUT2D eigenvalue weighted by atomic mass is 32.2. The minimum atomic E-state index is 0.120. The fraction of sp³-hybridized carbons (Fsp3) is 0.348. The van der Waals surface area contributed by atoms with Crippen molar-refractivity contribution in [1.82, 2.24) is 34.7 Å². The highest BCUT2D eigenvalue weighted by Crippen LogP contribution is 2.22. The van der Waals surface area contributed by atoms with Gasteiger partial charge in [-0.15, -0.1) is 21.5 Å². The third kappa shape index (κ3) is 5.37. The summed E-state index contributed by atoms with van der Waals surface area (Å²) in [6.45, 7) is 6.14. The Morgan fingerprint density at radius 1 is 1.06 bits per heavy atom. The van der Waals surface area contributed by atoms with Crippen LogP contribution in [0.3, 0.4) is 0 Å². The molecule has 5 rings (SSSR count). The molecule has 0 bridgehead atoms. The molecule has 1 aliphatic rings. The van der Waals surface area contributed by atoms with Crippen molar-refractivity contribution in [2.24, 2.45) is 0 Å². The number of carbonyl (C=O) groups excluding carboxylic acids is 1. The zero-order valence-corrected chi connectivity index (χ0v) is 20.5. The van der Waals surface area contributed by atoms with Gasteiger partial charge >= 0.3 is 0 Å². The molecule has 0 N–H and O–H groups in total. The van der Waals surface area contributed by atoms with Crippen LogP contribution in [0.15, 0.2) is 57.5 Å². The van der Waals surface area contributed by atoms with E-state index in [9.17, 15) is 4.79 Å². The fourth-order valence-corrected chi connectivity index (χ4v) is 5.34. The van der Waals surface area contributed by atoms with Crippen molar-refractivity contribution in [1.29, 1.82) is 0 Å². The SMILES string of the molecule is Cc1nnc(SCC(=O)N2CCN(Cc3nc(-c4cccs4)no3)CC2)n1Cc1ccccc1. The molecule has 1 aromatic carbocycles. The number of rotatable bonds is 8. The first-order valence-corrected chi connectivity index (χ1v) is 13.0. The van der Waals surface area contributed by atoms with Gasteiger partial charge in [-0.1, -0.05) is 53.3 Å². The number of piperazine rings is 1. The standard InChI is InChI=1S/C23H25N7O2S2/c1-17-25-26-23(30(17)14-18-6-3-2-4-7-18)34-16-21(31)29-11-9-28(10-12-29)15-20-24-22(27-32-20)19-8-5-13-33-19/h2-8,13H,9-12,14-16H2,1H3. The summed E-state index contributed by atoms with van der Waals surface area (Å²) < 4.78 is 7.47. The van der Waals surface area contributed by atoms with E-state index in [2.05, 4.69) is 41.9 Å². The Bertz CT molecular complexity index is 1220. The second-order valence-electron chi connectivity index (χ2n) is 8.04. The van der Waals surface area contributed by atoms with Crippen LogP contribution in [-0.4, -0.2) is 72.5 Å². The molecule has 0 radical (unpaired) electrons. The molecule has 0 saturated carbocycles. The quantitative estimate of drug-likeness (QED) is 0.344. The molecule has 0 aliphatic carbocycles. The first-order chi connectivity index (χ1) is 16.7. The van der Waals surface area contributed by atoms with E-state index in [1.165, 1.54) is 17.3 Å². The van der Waals surface area contributed by atoms with Gasteiger partial charge in [-0.3, -0.25) is 9.69 Å². The average Bonchev–Trinajstić information content (AvgIpc) is 3.62. The third-order valence-electron chi connectivity index (χ3n) is 5.70. The van der Waals surface area contributed by atoms with Crippen molar-refractivity contribution in [3.63, 3.8) is 0 Å². The van der Waals surface area contributed by atoms with Crippen LogP contribution >= 0.6 is 23.1 Å². The normalized spacial score (nSPS) is 14.6. The summed E-state index contributed by atoms with van der Waals surface area (Å²) in [4.78, 5) is 22.5. The molecule has 4 heterocycles. The van der Waals surface area contributed by atoms with Gasteiger partial charge in [0.05, 0.1) is 23.7 Å². The van der Waals surface area contributed by atoms with Crippen molar-refractivity contribution in [3.8, 4) is 10.7 Å². The van der Waals surface area contributed by atoms with E-state index >= 15 is 0 Å². The lowest BCUT2D eigenvalue weighted by Crippen LogP contribution is -2.48. The lowest BCUT2D eigenvalue weighted by atomic mass is 10.2. The minimum Gasteiger partial charge on any atom is -0.339 e. The Morgan fingerprint density at radius 2 is 1.88 bits per heavy atom. The molecule has 1 aliphatic heterocycles. The van der Waals surface area contributed by atoms with E-state index in [0.29, 0.717) is 43.6 Å². The Morgan fingerprint density at radius 3 is 2.65 bits per heavy atom. The number of hydrogen-bond acceptors (Lipinski definition) is 9. The van der Waals surface area contributed by atoms with Crippen LogP contribution in [-0.2, 0) is 17.9 Å². The molecule has 176 valence electrons. The van der Waals surface area contributed by atoms with Crippen LogP contribution in [0.25, 0.3) is 10.7 Å². The van der Waals surface area contributed by atoms with E-state index in [0.717, 1.165) is 28.9 Å². The van der Waals surface area contributed by atoms with Crippen LogP contribution in [0, 0.1) is 6.92 Å². The van der Waals surface area contributed by atoms with Crippen molar-refractivity contribution < 1.29 is 9.32 Å². The Kier molecular flexibility index (Phi) is 7.02. The number of nitrogens with zero attached hydrogens (tertiary/aromatic N) is 7. The first kappa shape index (κ1) is 22.8. The molecule has 0 atom stereocenters. The molecule has 1 saturated heterocycles. The molecule has 11 heteroatoms. The molecular weight excluding hydrogens is 470 g/mol. The van der Waals surface area contributed by atoms with Gasteiger partial charge in [0, 0.05) is 26.2 Å². The number of aryl methyl sites for hydroxylation is 1. The zero-order valence-electron chi connectivity index (χ0n) is 18.8. The maximum atomic E-state index is 12.8. The van der Waals surface area contributed by atoms with Crippen LogP contribution in [0.2, 0.25) is 0 Å². The van der Waals surface area contributed by atoms with Crippen molar-refractivity contribution in [2.45, 2.75) is 25.2 Å². The van der Waals surface area contributed by atoms with E-state index < -0.39 is 0 Å². The molecule has 34 heavy (non-hydrogen) atoms. The molecular formula is C23H25N7O2S2. The van der Waals surface area contributed by atoms with Crippen molar-refractivity contribution in [2.75, 3.05) is 31.9 Å². The van der Waals surface area contributed by atoms with Crippen molar-refractivity contribution in [3.05, 3.63) is 65.1 Å². The Labute approximate surface area is 205 Å². The van der Waals surface area contributed by atoms with Gasteiger partial charge in [0.2, 0.25) is 17.6 Å². The van der Waals surface area contributed by atoms with Gasteiger partial charge in [0.1, 0.15) is 5.82 Å². The number of thioether (sulfide) groups is 1. The van der Waals surface area contributed by atoms with Gasteiger partial charge in [-0.05, 0) is 23.9 Å². The first-order valence-electron chi connectivity index (χ1n) is 11.1. The fourth-order valence-electron chi connectivity index (χ4n) is 3.81. The van der Waals surface area contributed by atoms with Crippen LogP contribution in [0.5, 0.6) is 0 Å². The van der Waals surface area contributed by atoms with Gasteiger partial charge < -0.3 is 14.0 Å². The summed E-state index contributed by atoms with van der Waals surface area (Å²) in [5.74, 6) is 2.55. The highest BCUT2D eigenvalue weighted by molar-refractivity contribution is 7.99. The number of benzene rings is 1. The predicted octanol–water partition coefficient (Wildman–Crippen LogP) is 3.18. The average molecular weight is 496 g/mol. The van der Waals surface area contributed by atoms with Crippen LogP contribution in [0.4, 0.5) is 0 Å². The number of thiophene rings is 1. The van der Waals surface area contributed by atoms with E-state index in [1.807, 2.05) is 47.5 Å². The summed E-state index contributed by atoms with van der Waals surface area (Å²) in [7, 11) is 0. The maximum Gasteiger partial charge on any atom is 0.241 e. The summed E-state index contributed by atoms with van der Waals surface area (Å²) in [5, 5.41) is 15.3. The Hall–Kier alpha value is -3.02. The predicted molar refractivity (Wildman–Crippen MR) is 130 cm³/mol. The monoisotopic (exact) mass is 495 g/mol. The number of amides is 1. The molecule has 3 aromatic heterocycles. The number of hydrogen-bond donors (Lipinski definition) is 0. The summed E-state index contributed by atoms with van der Waals surface area (Å²) >= 11 is 3.04. The summed E-state index contributed by atoms with van der Waals surface area (Å²) in [5.41, 5.74) is 1.18. The topological polar surface area (TPSA) is 93.2 Å². The lowest BCUT2D eigenvalue weighted by Gasteiger charge is -2.33. The molecule has 4 aromatic rings. The lowest BCUT2D eigenvalue weighted by molar-refractivity contribution is -0.130. The number of carbonyl (C=O) groups is 1. The van der Waals surface area contributed by atoms with Gasteiger partial charge in [-0.25, -0.2) is 0 Å². The highest BCUT2D eigenvalue weighted by Gasteiger charge is 2.23. The molecule has 9 nitrogen and oxygen atoms in total. The molecule has 0 unspecified atom stereocenters. The van der Waals surface area contributed by atoms with Gasteiger partial charge in [0.25, 0.3) is 0 Å². The Balaban J connectivity index is 1.10. The summed E-state index contributed by atoms with van der Waals surface area (Å²) in [6, 6.07) is 14.1. The largest absolute Gasteiger partial charge is 0.339 e. The second kappa shape index (κ2) is 10.5. The smallest absolute Gasteiger partial charge is 0.241 e. The van der Waals surface area contributed by atoms with E-state index in [1.54, 1.807) is 11.3 Å². The van der Waals surface area contributed by atoms with Gasteiger partial charge in [0.15, 0.2) is 5.16 Å². The number of aromatic nitrogens is 5. The van der Waals surface area contributed by atoms with E-state index in [4.69, 9.17) is 4.52 Å². The second-order valence-corrected chi connectivity index (χ2v) is 9.93. The third-order valence-corrected chi connectivity index (χ3v) is 7.52. The van der Waals surface area contributed by atoms with Gasteiger partial charge in [-0.2, -0.15) is 4.98 Å². The van der Waals surface area contributed by atoms with Crippen LogP contribution in [0.1, 0.15) is 17.3 Å². The molecule has 0 spiro atoms.